The summed E-state index contributed by atoms with van der Waals surface area (Å²) in [6, 6.07) is -1.40. The van der Waals surface area contributed by atoms with E-state index >= 15 is 0 Å². The van der Waals surface area contributed by atoms with E-state index in [1.807, 2.05) is 0 Å². The van der Waals surface area contributed by atoms with Crippen LogP contribution >= 0.6 is 0 Å². The summed E-state index contributed by atoms with van der Waals surface area (Å²) in [7, 11) is -5.02. The van der Waals surface area contributed by atoms with Crippen LogP contribution in [0.15, 0.2) is 0 Å². The molecule has 1 saturated heterocycles. The maximum absolute atomic E-state index is 11.0. The predicted molar refractivity (Wildman–Crippen MR) is 56.1 cm³/mol. The summed E-state index contributed by atoms with van der Waals surface area (Å²) >= 11 is 0. The van der Waals surface area contributed by atoms with Gasteiger partial charge in [-0.3, -0.25) is 8.98 Å². The second-order valence-corrected chi connectivity index (χ2v) is 4.88. The van der Waals surface area contributed by atoms with Crippen LogP contribution in [0.1, 0.15) is 8.27 Å². The molecule has 0 spiro atoms. The molecule has 5 atom stereocenters. The van der Waals surface area contributed by atoms with E-state index < -0.39 is 60.5 Å². The van der Waals surface area contributed by atoms with Crippen molar-refractivity contribution in [2.75, 3.05) is 6.61 Å². The minimum atomic E-state index is -5.02. The molecule has 1 aliphatic rings. The van der Waals surface area contributed by atoms with Crippen LogP contribution in [0.2, 0.25) is 0 Å². The maximum atomic E-state index is 11.0. The molecule has 1 fully saturated rings. The largest absolute Gasteiger partial charge is 1.00 e. The second kappa shape index (κ2) is 7.98. The molecule has 112 valence electrons. The molecule has 1 unspecified atom stereocenters. The minimum absolute atomic E-state index is 0. The van der Waals surface area contributed by atoms with Gasteiger partial charge < -0.3 is 29.9 Å². The Morgan fingerprint density at radius 3 is 2.55 bits per heavy atom. The summed E-state index contributed by atoms with van der Waals surface area (Å²) in [6.45, 7) is -1.56. The zero-order chi connectivity index (χ0) is 15.5. The van der Waals surface area contributed by atoms with Crippen molar-refractivity contribution >= 4 is 16.3 Å². The quantitative estimate of drug-likeness (QED) is 0.223. The molecule has 0 aromatic rings. The van der Waals surface area contributed by atoms with Gasteiger partial charge in [-0.25, -0.2) is 8.42 Å². The van der Waals surface area contributed by atoms with Crippen LogP contribution in [-0.4, -0.2) is 71.4 Å². The number of hydrogen-bond acceptors (Lipinski definition) is 9. The topological polar surface area (TPSA) is 165 Å². The van der Waals surface area contributed by atoms with E-state index in [4.69, 9.17) is 6.11 Å². The molecule has 0 radical (unpaired) electrons. The Morgan fingerprint density at radius 2 is 2.05 bits per heavy atom. The van der Waals surface area contributed by atoms with E-state index in [1.54, 1.807) is 0 Å². The molecule has 0 aliphatic carbocycles. The first-order valence-electron chi connectivity index (χ1n) is 5.75. The van der Waals surface area contributed by atoms with Crippen molar-refractivity contribution < 1.29 is 72.9 Å². The number of ether oxygens (including phenoxy) is 1. The molecular weight excluding hydrogens is 309 g/mol. The number of aliphatic hydroxyl groups excluding tert-OH is 3. The van der Waals surface area contributed by atoms with Crippen molar-refractivity contribution in [2.45, 2.75) is 37.5 Å². The molecular formula is C8H14NNaO9S. The van der Waals surface area contributed by atoms with Crippen molar-refractivity contribution in [2.24, 2.45) is 0 Å². The third-order valence-electron chi connectivity index (χ3n) is 2.42. The van der Waals surface area contributed by atoms with Crippen LogP contribution in [0.5, 0.6) is 0 Å². The number of amides is 1. The Bertz CT molecular complexity index is 449. The van der Waals surface area contributed by atoms with E-state index in [1.165, 1.54) is 0 Å². The van der Waals surface area contributed by atoms with Gasteiger partial charge in [0.2, 0.25) is 16.3 Å². The third-order valence-corrected chi connectivity index (χ3v) is 2.85. The van der Waals surface area contributed by atoms with Crippen LogP contribution in [0.4, 0.5) is 0 Å². The summed E-state index contributed by atoms with van der Waals surface area (Å²) < 4.78 is 46.2. The molecule has 1 heterocycles. The standard InChI is InChI=1S/C8H15NO9S.Na/c1-3(10)9-5-7(12)6(11)4(18-8(5)13)2-17-19(14,15)16;/h4-8,11-13H,2H2,1H3,(H,9,10)(H,14,15,16);/q;+1/p-1/t4-,5-,6+,7-,8?;/m1./s1/i1D;. The molecule has 20 heavy (non-hydrogen) atoms. The fraction of sp³-hybridized carbons (Fsp3) is 0.875. The van der Waals surface area contributed by atoms with E-state index in [-0.39, 0.29) is 29.6 Å². The number of carbonyl (C=O) groups excluding carboxylic acids is 1. The van der Waals surface area contributed by atoms with Crippen molar-refractivity contribution in [1.29, 1.82) is 0 Å². The molecule has 1 rings (SSSR count). The van der Waals surface area contributed by atoms with Crippen molar-refractivity contribution in [3.05, 3.63) is 0 Å². The molecule has 10 nitrogen and oxygen atoms in total. The van der Waals surface area contributed by atoms with Gasteiger partial charge in [0.25, 0.3) is 0 Å². The number of carbonyl (C=O) groups is 1. The molecule has 1 amide bonds. The molecule has 0 aromatic heterocycles. The normalized spacial score (nSPS) is 34.8. The summed E-state index contributed by atoms with van der Waals surface area (Å²) in [5, 5.41) is 31.0. The molecule has 1 aliphatic heterocycles. The number of hydrogen-bond donors (Lipinski definition) is 4. The summed E-state index contributed by atoms with van der Waals surface area (Å²) in [5.41, 5.74) is 0. The summed E-state index contributed by atoms with van der Waals surface area (Å²) in [6.07, 6.45) is -6.66. The summed E-state index contributed by atoms with van der Waals surface area (Å²) in [5.74, 6) is -0.819. The zero-order valence-electron chi connectivity index (χ0n) is 11.5. The van der Waals surface area contributed by atoms with Gasteiger partial charge in [-0.15, -0.1) is 0 Å². The smallest absolute Gasteiger partial charge is 0.726 e. The number of rotatable bonds is 4. The van der Waals surface area contributed by atoms with E-state index in [9.17, 15) is 33.1 Å². The average Bonchev–Trinajstić information content (AvgIpc) is 2.36. The van der Waals surface area contributed by atoms with Crippen LogP contribution in [0.3, 0.4) is 0 Å². The van der Waals surface area contributed by atoms with Crippen LogP contribution < -0.4 is 34.9 Å². The number of aliphatic hydroxyl groups is 3. The van der Waals surface area contributed by atoms with Crippen molar-refractivity contribution in [3.63, 3.8) is 0 Å². The molecule has 12 heteroatoms. The Hall–Kier alpha value is 0.180. The SMILES string of the molecule is [2H]CC(=O)N[C@H]1C(O)O[C@H](COS(=O)(=O)[O-])[C@H](O)[C@@H]1O.[Na+]. The first-order valence-corrected chi connectivity index (χ1v) is 6.37. The van der Waals surface area contributed by atoms with Crippen LogP contribution in [-0.2, 0) is 24.1 Å². The molecule has 0 aromatic carbocycles. The first-order chi connectivity index (χ1) is 9.15. The zero-order valence-corrected chi connectivity index (χ0v) is 13.3. The minimum Gasteiger partial charge on any atom is -0.726 e. The predicted octanol–water partition coefficient (Wildman–Crippen LogP) is -6.59. The Labute approximate surface area is 138 Å². The van der Waals surface area contributed by atoms with Gasteiger partial charge in [0.1, 0.15) is 24.4 Å². The number of nitrogens with one attached hydrogen (secondary N) is 1. The fourth-order valence-corrected chi connectivity index (χ4v) is 1.88. The molecule has 0 bridgehead atoms. The third kappa shape index (κ3) is 5.89. The first kappa shape index (κ1) is 18.2. The van der Waals surface area contributed by atoms with Gasteiger partial charge in [-0.1, -0.05) is 0 Å². The fourth-order valence-electron chi connectivity index (χ4n) is 1.58. The van der Waals surface area contributed by atoms with Gasteiger partial charge in [-0.2, -0.15) is 0 Å². The monoisotopic (exact) mass is 324 g/mol. The second-order valence-electron chi connectivity index (χ2n) is 3.83. The van der Waals surface area contributed by atoms with E-state index in [0.717, 1.165) is 0 Å². The van der Waals surface area contributed by atoms with Crippen molar-refractivity contribution in [3.8, 4) is 0 Å². The summed E-state index contributed by atoms with van der Waals surface area (Å²) in [4.78, 5) is 11.0. The Kier molecular flexibility index (Phi) is 7.28. The molecule has 0 saturated carbocycles. The van der Waals surface area contributed by atoms with Gasteiger partial charge in [0.05, 0.1) is 6.61 Å². The molecule has 4 N–H and O–H groups in total. The Balaban J connectivity index is 0.00000400. The van der Waals surface area contributed by atoms with Gasteiger partial charge in [0.15, 0.2) is 6.29 Å². The van der Waals surface area contributed by atoms with Crippen LogP contribution in [0, 0.1) is 0 Å². The Morgan fingerprint density at radius 1 is 1.45 bits per heavy atom. The van der Waals surface area contributed by atoms with Gasteiger partial charge in [0, 0.05) is 8.27 Å². The van der Waals surface area contributed by atoms with E-state index in [2.05, 4.69) is 9.50 Å². The van der Waals surface area contributed by atoms with E-state index in [0.29, 0.717) is 0 Å². The maximum Gasteiger partial charge on any atom is 1.00 e. The van der Waals surface area contributed by atoms with Crippen LogP contribution in [0.25, 0.3) is 0 Å². The van der Waals surface area contributed by atoms with Crippen molar-refractivity contribution in [1.82, 2.24) is 5.32 Å². The van der Waals surface area contributed by atoms with Gasteiger partial charge in [-0.05, 0) is 0 Å². The average molecular weight is 324 g/mol. The van der Waals surface area contributed by atoms with Gasteiger partial charge >= 0.3 is 29.6 Å².